The molecular formula is C30H18N2. The van der Waals surface area contributed by atoms with E-state index in [1.165, 1.54) is 71.0 Å². The Labute approximate surface area is 183 Å². The van der Waals surface area contributed by atoms with Crippen LogP contribution in [0.1, 0.15) is 0 Å². The van der Waals surface area contributed by atoms with Crippen LogP contribution < -0.4 is 0 Å². The van der Waals surface area contributed by atoms with Crippen molar-refractivity contribution in [1.82, 2.24) is 9.38 Å². The highest BCUT2D eigenvalue weighted by atomic mass is 14.9. The lowest BCUT2D eigenvalue weighted by atomic mass is 9.98. The van der Waals surface area contributed by atoms with Gasteiger partial charge in [-0.3, -0.25) is 0 Å². The number of nitrogens with one attached hydrogen (secondary N) is 1. The Morgan fingerprint density at radius 2 is 1.22 bits per heavy atom. The van der Waals surface area contributed by atoms with Crippen LogP contribution in [0.5, 0.6) is 0 Å². The van der Waals surface area contributed by atoms with Crippen molar-refractivity contribution in [2.24, 2.45) is 0 Å². The second kappa shape index (κ2) is 5.68. The molecule has 0 bridgehead atoms. The monoisotopic (exact) mass is 406 g/mol. The predicted octanol–water partition coefficient (Wildman–Crippen LogP) is 8.14. The maximum absolute atomic E-state index is 3.78. The van der Waals surface area contributed by atoms with Gasteiger partial charge >= 0.3 is 0 Å². The van der Waals surface area contributed by atoms with E-state index in [1.54, 1.807) is 0 Å². The average Bonchev–Trinajstić information content (AvgIpc) is 3.36. The Kier molecular flexibility index (Phi) is 2.91. The average molecular weight is 406 g/mol. The molecule has 0 saturated carbocycles. The highest BCUT2D eigenvalue weighted by molar-refractivity contribution is 6.32. The van der Waals surface area contributed by atoms with Crippen LogP contribution in [0.15, 0.2) is 103 Å². The molecule has 0 fully saturated rings. The maximum Gasteiger partial charge on any atom is 0.0619 e. The molecule has 8 rings (SSSR count). The first-order valence-electron chi connectivity index (χ1n) is 11.1. The van der Waals surface area contributed by atoms with E-state index in [0.717, 1.165) is 0 Å². The van der Waals surface area contributed by atoms with Crippen molar-refractivity contribution in [1.29, 1.82) is 0 Å². The largest absolute Gasteiger partial charge is 0.354 e. The van der Waals surface area contributed by atoms with Crippen LogP contribution in [0.2, 0.25) is 0 Å². The molecule has 0 aliphatic carbocycles. The SMILES string of the molecule is c1ccc(-c2ccc3c4cccc5c6ccccc6n(c6cccc7[nH]c2c3c76)c45)cc1. The molecule has 0 saturated heterocycles. The molecule has 0 spiro atoms. The molecule has 32 heavy (non-hydrogen) atoms. The highest BCUT2D eigenvalue weighted by Crippen LogP contribution is 2.44. The molecule has 0 aliphatic rings. The molecule has 3 aromatic heterocycles. The van der Waals surface area contributed by atoms with Crippen LogP contribution in [0.4, 0.5) is 0 Å². The third-order valence-corrected chi connectivity index (χ3v) is 7.07. The van der Waals surface area contributed by atoms with Crippen LogP contribution in [-0.4, -0.2) is 9.38 Å². The molecule has 3 heterocycles. The summed E-state index contributed by atoms with van der Waals surface area (Å²) >= 11 is 0. The van der Waals surface area contributed by atoms with E-state index in [0.29, 0.717) is 0 Å². The van der Waals surface area contributed by atoms with Gasteiger partial charge in [0, 0.05) is 38.0 Å². The van der Waals surface area contributed by atoms with Gasteiger partial charge in [0.05, 0.1) is 22.1 Å². The number of benzene rings is 5. The summed E-state index contributed by atoms with van der Waals surface area (Å²) in [6.07, 6.45) is 0. The van der Waals surface area contributed by atoms with Crippen molar-refractivity contribution in [3.8, 4) is 11.1 Å². The van der Waals surface area contributed by atoms with Crippen molar-refractivity contribution in [3.63, 3.8) is 0 Å². The lowest BCUT2D eigenvalue weighted by Crippen LogP contribution is -1.84. The van der Waals surface area contributed by atoms with E-state index in [9.17, 15) is 0 Å². The minimum Gasteiger partial charge on any atom is -0.354 e. The van der Waals surface area contributed by atoms with E-state index in [-0.39, 0.29) is 0 Å². The molecule has 5 aromatic carbocycles. The Balaban J connectivity index is 1.76. The third kappa shape index (κ3) is 1.86. The van der Waals surface area contributed by atoms with Crippen LogP contribution >= 0.6 is 0 Å². The summed E-state index contributed by atoms with van der Waals surface area (Å²) in [5.74, 6) is 0. The summed E-state index contributed by atoms with van der Waals surface area (Å²) in [5.41, 5.74) is 8.68. The summed E-state index contributed by atoms with van der Waals surface area (Å²) in [6, 6.07) is 37.4. The number of aromatic nitrogens is 2. The van der Waals surface area contributed by atoms with Gasteiger partial charge in [-0.2, -0.15) is 0 Å². The molecule has 1 N–H and O–H groups in total. The second-order valence-corrected chi connectivity index (χ2v) is 8.66. The summed E-state index contributed by atoms with van der Waals surface area (Å²) in [6.45, 7) is 0. The minimum atomic E-state index is 1.18. The number of fused-ring (bicyclic) bond motifs is 5. The first-order chi connectivity index (χ1) is 15.9. The summed E-state index contributed by atoms with van der Waals surface area (Å²) < 4.78 is 2.47. The van der Waals surface area contributed by atoms with E-state index >= 15 is 0 Å². The summed E-state index contributed by atoms with van der Waals surface area (Å²) in [7, 11) is 0. The highest BCUT2D eigenvalue weighted by Gasteiger charge is 2.20. The first kappa shape index (κ1) is 16.4. The topological polar surface area (TPSA) is 20.2 Å². The molecule has 2 heteroatoms. The first-order valence-corrected chi connectivity index (χ1v) is 11.1. The van der Waals surface area contributed by atoms with Gasteiger partial charge in [-0.15, -0.1) is 0 Å². The number of nitrogens with zero attached hydrogens (tertiary/aromatic N) is 1. The van der Waals surface area contributed by atoms with Crippen molar-refractivity contribution >= 4 is 59.9 Å². The number of rotatable bonds is 1. The maximum atomic E-state index is 3.78. The third-order valence-electron chi connectivity index (χ3n) is 7.07. The fourth-order valence-electron chi connectivity index (χ4n) is 5.79. The fraction of sp³-hybridized carbons (Fsp3) is 0. The lowest BCUT2D eigenvalue weighted by molar-refractivity contribution is 1.36. The van der Waals surface area contributed by atoms with Crippen molar-refractivity contribution in [2.75, 3.05) is 0 Å². The molecule has 0 aliphatic heterocycles. The number of hydrogen-bond donors (Lipinski definition) is 1. The molecule has 148 valence electrons. The zero-order chi connectivity index (χ0) is 20.8. The van der Waals surface area contributed by atoms with Gasteiger partial charge in [0.25, 0.3) is 0 Å². The van der Waals surface area contributed by atoms with Gasteiger partial charge in [-0.1, -0.05) is 84.9 Å². The predicted molar refractivity (Wildman–Crippen MR) is 136 cm³/mol. The number of para-hydroxylation sites is 2. The summed E-state index contributed by atoms with van der Waals surface area (Å²) in [5, 5.41) is 7.82. The zero-order valence-electron chi connectivity index (χ0n) is 17.3. The van der Waals surface area contributed by atoms with Gasteiger partial charge < -0.3 is 9.38 Å². The van der Waals surface area contributed by atoms with Crippen molar-refractivity contribution < 1.29 is 0 Å². The zero-order valence-corrected chi connectivity index (χ0v) is 17.3. The van der Waals surface area contributed by atoms with Crippen LogP contribution in [0.25, 0.3) is 71.0 Å². The number of aromatic amines is 1. The fourth-order valence-corrected chi connectivity index (χ4v) is 5.79. The smallest absolute Gasteiger partial charge is 0.0619 e. The second-order valence-electron chi connectivity index (χ2n) is 8.66. The van der Waals surface area contributed by atoms with Crippen molar-refractivity contribution in [3.05, 3.63) is 103 Å². The van der Waals surface area contributed by atoms with E-state index in [1.807, 2.05) is 0 Å². The van der Waals surface area contributed by atoms with Crippen LogP contribution in [-0.2, 0) is 0 Å². The van der Waals surface area contributed by atoms with Gasteiger partial charge in [0.1, 0.15) is 0 Å². The Morgan fingerprint density at radius 3 is 2.12 bits per heavy atom. The molecule has 0 radical (unpaired) electrons. The molecular weight excluding hydrogens is 388 g/mol. The van der Waals surface area contributed by atoms with E-state index in [2.05, 4.69) is 113 Å². The van der Waals surface area contributed by atoms with Gasteiger partial charge in [0.2, 0.25) is 0 Å². The van der Waals surface area contributed by atoms with Gasteiger partial charge in [-0.25, -0.2) is 0 Å². The van der Waals surface area contributed by atoms with Crippen molar-refractivity contribution in [2.45, 2.75) is 0 Å². The standard InChI is InChI=1S/C30H18N2/c1-2-8-18(9-3-1)19-16-17-21-23-12-6-11-22-20-10-4-5-14-25(20)32(30(22)23)26-15-7-13-24-28(26)27(21)29(19)31-24/h1-17,31H. The van der Waals surface area contributed by atoms with Crippen LogP contribution in [0.3, 0.4) is 0 Å². The van der Waals surface area contributed by atoms with E-state index in [4.69, 9.17) is 0 Å². The van der Waals surface area contributed by atoms with Gasteiger partial charge in [-0.05, 0) is 29.1 Å². The Hall–Kier alpha value is -4.30. The molecule has 0 unspecified atom stereocenters. The number of hydrogen-bond acceptors (Lipinski definition) is 0. The lowest BCUT2D eigenvalue weighted by Gasteiger charge is -2.06. The Morgan fingerprint density at radius 1 is 0.500 bits per heavy atom. The number of H-pyrrole nitrogens is 1. The quantitative estimate of drug-likeness (QED) is 0.284. The molecule has 0 amide bonds. The van der Waals surface area contributed by atoms with Gasteiger partial charge in [0.15, 0.2) is 0 Å². The molecule has 8 aromatic rings. The minimum absolute atomic E-state index is 1.18. The normalized spacial score (nSPS) is 12.4. The van der Waals surface area contributed by atoms with E-state index < -0.39 is 0 Å². The summed E-state index contributed by atoms with van der Waals surface area (Å²) in [4.78, 5) is 3.78. The molecule has 2 nitrogen and oxygen atoms in total. The molecule has 0 atom stereocenters. The Bertz CT molecular complexity index is 1970. The van der Waals surface area contributed by atoms with Crippen LogP contribution in [0, 0.1) is 0 Å².